The quantitative estimate of drug-likeness (QED) is 0.741. The van der Waals surface area contributed by atoms with E-state index in [1.807, 2.05) is 19.9 Å². The van der Waals surface area contributed by atoms with Crippen molar-refractivity contribution in [2.45, 2.75) is 33.6 Å². The summed E-state index contributed by atoms with van der Waals surface area (Å²) in [4.78, 5) is 0. The summed E-state index contributed by atoms with van der Waals surface area (Å²) in [6.07, 6.45) is 6.96. The van der Waals surface area contributed by atoms with E-state index >= 15 is 0 Å². The molecular formula is C15H18O. The zero-order valence-corrected chi connectivity index (χ0v) is 10.3. The molecule has 1 rings (SSSR count). The molecule has 0 bridgehead atoms. The normalized spacial score (nSPS) is 11.6. The van der Waals surface area contributed by atoms with Crippen LogP contribution in [0.5, 0.6) is 5.75 Å². The fraction of sp³-hybridized carbons (Fsp3) is 0.333. The zero-order chi connectivity index (χ0) is 12.3. The summed E-state index contributed by atoms with van der Waals surface area (Å²) < 4.78 is 0. The standard InChI is InChI=1S/C15H18O/c1-6-7-11(4)14-9-15(16)13(10(2)3)8-12(14)5/h1,7-10,16H,2-5H3/b11-7-. The van der Waals surface area contributed by atoms with Gasteiger partial charge in [0.1, 0.15) is 5.75 Å². The first-order chi connectivity index (χ1) is 7.47. The van der Waals surface area contributed by atoms with E-state index in [9.17, 15) is 5.11 Å². The Bertz CT molecular complexity index is 459. The predicted molar refractivity (Wildman–Crippen MR) is 69.4 cm³/mol. The molecule has 1 heteroatoms. The van der Waals surface area contributed by atoms with Crippen LogP contribution in [-0.4, -0.2) is 5.11 Å². The first-order valence-corrected chi connectivity index (χ1v) is 5.44. The molecule has 1 N–H and O–H groups in total. The van der Waals surface area contributed by atoms with Crippen molar-refractivity contribution < 1.29 is 5.11 Å². The monoisotopic (exact) mass is 214 g/mol. The summed E-state index contributed by atoms with van der Waals surface area (Å²) in [7, 11) is 0. The molecule has 0 aromatic heterocycles. The number of hydrogen-bond donors (Lipinski definition) is 1. The van der Waals surface area contributed by atoms with Crippen molar-refractivity contribution in [3.63, 3.8) is 0 Å². The van der Waals surface area contributed by atoms with Crippen molar-refractivity contribution >= 4 is 5.57 Å². The van der Waals surface area contributed by atoms with Gasteiger partial charge in [0.05, 0.1) is 0 Å². The first kappa shape index (κ1) is 12.4. The Morgan fingerprint density at radius 2 is 2.06 bits per heavy atom. The Kier molecular flexibility index (Phi) is 3.79. The average molecular weight is 214 g/mol. The van der Waals surface area contributed by atoms with Gasteiger partial charge in [0.2, 0.25) is 0 Å². The summed E-state index contributed by atoms with van der Waals surface area (Å²) in [6.45, 7) is 8.13. The van der Waals surface area contributed by atoms with E-state index in [0.29, 0.717) is 11.7 Å². The van der Waals surface area contributed by atoms with E-state index in [-0.39, 0.29) is 0 Å². The second kappa shape index (κ2) is 4.90. The van der Waals surface area contributed by atoms with Crippen LogP contribution in [0.2, 0.25) is 0 Å². The molecule has 16 heavy (non-hydrogen) atoms. The molecule has 0 saturated carbocycles. The molecule has 0 amide bonds. The van der Waals surface area contributed by atoms with Crippen LogP contribution in [0.25, 0.3) is 5.57 Å². The number of aromatic hydroxyl groups is 1. The van der Waals surface area contributed by atoms with Crippen LogP contribution < -0.4 is 0 Å². The number of rotatable bonds is 2. The minimum atomic E-state index is 0.324. The van der Waals surface area contributed by atoms with Crippen LogP contribution in [0, 0.1) is 19.3 Å². The molecule has 84 valence electrons. The number of allylic oxidation sites excluding steroid dienone is 2. The highest BCUT2D eigenvalue weighted by Gasteiger charge is 2.10. The van der Waals surface area contributed by atoms with E-state index in [2.05, 4.69) is 19.8 Å². The van der Waals surface area contributed by atoms with Crippen molar-refractivity contribution in [2.24, 2.45) is 0 Å². The van der Waals surface area contributed by atoms with E-state index in [1.54, 1.807) is 12.1 Å². The maximum atomic E-state index is 9.92. The maximum Gasteiger partial charge on any atom is 0.119 e. The van der Waals surface area contributed by atoms with Gasteiger partial charge in [-0.15, -0.1) is 6.42 Å². The lowest BCUT2D eigenvalue weighted by molar-refractivity contribution is 0.464. The Balaban J connectivity index is 3.32. The number of phenols is 1. The fourth-order valence-electron chi connectivity index (χ4n) is 1.81. The van der Waals surface area contributed by atoms with Gasteiger partial charge in [0.15, 0.2) is 0 Å². The van der Waals surface area contributed by atoms with E-state index < -0.39 is 0 Å². The second-order valence-electron chi connectivity index (χ2n) is 4.37. The number of terminal acetylenes is 1. The van der Waals surface area contributed by atoms with Gasteiger partial charge in [-0.3, -0.25) is 0 Å². The summed E-state index contributed by atoms with van der Waals surface area (Å²) in [5.74, 6) is 3.18. The highest BCUT2D eigenvalue weighted by atomic mass is 16.3. The molecule has 0 unspecified atom stereocenters. The molecule has 0 aliphatic rings. The zero-order valence-electron chi connectivity index (χ0n) is 10.3. The van der Waals surface area contributed by atoms with Crippen LogP contribution in [-0.2, 0) is 0 Å². The lowest BCUT2D eigenvalue weighted by Gasteiger charge is -2.13. The Labute approximate surface area is 97.8 Å². The third kappa shape index (κ3) is 2.46. The topological polar surface area (TPSA) is 20.2 Å². The van der Waals surface area contributed by atoms with Crippen LogP contribution >= 0.6 is 0 Å². The van der Waals surface area contributed by atoms with Gasteiger partial charge >= 0.3 is 0 Å². The molecule has 1 nitrogen and oxygen atoms in total. The van der Waals surface area contributed by atoms with Gasteiger partial charge in [-0.1, -0.05) is 25.8 Å². The molecule has 0 spiro atoms. The fourth-order valence-corrected chi connectivity index (χ4v) is 1.81. The lowest BCUT2D eigenvalue weighted by atomic mass is 9.94. The van der Waals surface area contributed by atoms with Crippen molar-refractivity contribution in [3.8, 4) is 18.1 Å². The van der Waals surface area contributed by atoms with Gasteiger partial charge in [0, 0.05) is 0 Å². The summed E-state index contributed by atoms with van der Waals surface area (Å²) in [6, 6.07) is 3.83. The third-order valence-electron chi connectivity index (χ3n) is 2.72. The summed E-state index contributed by atoms with van der Waals surface area (Å²) in [5.41, 5.74) is 4.14. The Morgan fingerprint density at radius 3 is 2.56 bits per heavy atom. The van der Waals surface area contributed by atoms with Gasteiger partial charge in [-0.25, -0.2) is 0 Å². The van der Waals surface area contributed by atoms with Crippen molar-refractivity contribution in [3.05, 3.63) is 34.9 Å². The largest absolute Gasteiger partial charge is 0.508 e. The third-order valence-corrected chi connectivity index (χ3v) is 2.72. The highest BCUT2D eigenvalue weighted by molar-refractivity contribution is 5.70. The van der Waals surface area contributed by atoms with Gasteiger partial charge in [-0.2, -0.15) is 0 Å². The van der Waals surface area contributed by atoms with Crippen molar-refractivity contribution in [2.75, 3.05) is 0 Å². The van der Waals surface area contributed by atoms with Crippen LogP contribution in [0.3, 0.4) is 0 Å². The molecule has 0 radical (unpaired) electrons. The first-order valence-electron chi connectivity index (χ1n) is 5.44. The highest BCUT2D eigenvalue weighted by Crippen LogP contribution is 2.31. The van der Waals surface area contributed by atoms with Gasteiger partial charge in [-0.05, 0) is 54.2 Å². The minimum Gasteiger partial charge on any atom is -0.508 e. The number of benzene rings is 1. The molecule has 1 aromatic rings. The number of aryl methyl sites for hydroxylation is 1. The predicted octanol–water partition coefficient (Wildman–Crippen LogP) is 3.86. The molecule has 0 atom stereocenters. The van der Waals surface area contributed by atoms with Crippen molar-refractivity contribution in [1.29, 1.82) is 0 Å². The summed E-state index contributed by atoms with van der Waals surface area (Å²) >= 11 is 0. The smallest absolute Gasteiger partial charge is 0.119 e. The van der Waals surface area contributed by atoms with E-state index in [0.717, 1.165) is 22.3 Å². The van der Waals surface area contributed by atoms with Gasteiger partial charge < -0.3 is 5.11 Å². The molecule has 0 aliphatic carbocycles. The van der Waals surface area contributed by atoms with E-state index in [1.165, 1.54) is 0 Å². The Morgan fingerprint density at radius 1 is 1.44 bits per heavy atom. The second-order valence-corrected chi connectivity index (χ2v) is 4.37. The maximum absolute atomic E-state index is 9.92. The van der Waals surface area contributed by atoms with E-state index in [4.69, 9.17) is 6.42 Å². The number of phenolic OH excluding ortho intramolecular Hbond substituents is 1. The van der Waals surface area contributed by atoms with Crippen LogP contribution in [0.4, 0.5) is 0 Å². The Hall–Kier alpha value is -1.68. The number of hydrogen-bond acceptors (Lipinski definition) is 1. The lowest BCUT2D eigenvalue weighted by Crippen LogP contribution is -1.93. The molecule has 0 fully saturated rings. The average Bonchev–Trinajstić information content (AvgIpc) is 2.20. The van der Waals surface area contributed by atoms with Crippen molar-refractivity contribution in [1.82, 2.24) is 0 Å². The molecule has 0 heterocycles. The van der Waals surface area contributed by atoms with Crippen LogP contribution in [0.15, 0.2) is 18.2 Å². The SMILES string of the molecule is C#C/C=C(/C)c1cc(O)c(C(C)C)cc1C. The molecule has 0 aliphatic heterocycles. The minimum absolute atomic E-state index is 0.324. The molecular weight excluding hydrogens is 196 g/mol. The van der Waals surface area contributed by atoms with Crippen LogP contribution in [0.1, 0.15) is 43.4 Å². The summed E-state index contributed by atoms with van der Waals surface area (Å²) in [5, 5.41) is 9.92. The molecule has 0 saturated heterocycles. The van der Waals surface area contributed by atoms with Gasteiger partial charge in [0.25, 0.3) is 0 Å². The molecule has 1 aromatic carbocycles.